The number of nitrogens with zero attached hydrogens (tertiary/aromatic N) is 2. The van der Waals surface area contributed by atoms with Crippen LogP contribution in [0.2, 0.25) is 0 Å². The number of likely N-dealkylation sites (N-methyl/N-ethyl adjacent to an activating group) is 1. The molecule has 1 aliphatic heterocycles. The van der Waals surface area contributed by atoms with Crippen LogP contribution in [-0.4, -0.2) is 54.0 Å². The molecule has 9 heteroatoms. The Hall–Kier alpha value is -3.04. The molecule has 1 aliphatic rings. The fourth-order valence-corrected chi connectivity index (χ4v) is 4.08. The molecule has 2 heterocycles. The van der Waals surface area contributed by atoms with Crippen LogP contribution in [0.25, 0.3) is 10.9 Å². The van der Waals surface area contributed by atoms with Gasteiger partial charge in [0.15, 0.2) is 4.77 Å². The van der Waals surface area contributed by atoms with Crippen LogP contribution in [0, 0.1) is 10.6 Å². The molecule has 1 fully saturated rings. The Morgan fingerprint density at radius 2 is 1.87 bits per heavy atom. The van der Waals surface area contributed by atoms with Gasteiger partial charge in [-0.3, -0.25) is 14.6 Å². The minimum Gasteiger partial charge on any atom is -0.369 e. The minimum atomic E-state index is -0.411. The number of H-pyrrole nitrogens is 2. The summed E-state index contributed by atoms with van der Waals surface area (Å²) in [6.45, 7) is 5.37. The quantitative estimate of drug-likeness (QED) is 0.542. The lowest BCUT2D eigenvalue weighted by Gasteiger charge is -2.36. The summed E-state index contributed by atoms with van der Waals surface area (Å²) < 4.78 is 14.3. The van der Waals surface area contributed by atoms with Crippen LogP contribution in [-0.2, 0) is 0 Å². The molecule has 162 valence electrons. The van der Waals surface area contributed by atoms with Crippen LogP contribution in [0.5, 0.6) is 0 Å². The Kier molecular flexibility index (Phi) is 5.88. The first-order valence-electron chi connectivity index (χ1n) is 10.1. The molecule has 0 saturated carbocycles. The van der Waals surface area contributed by atoms with Crippen molar-refractivity contribution in [2.75, 3.05) is 38.1 Å². The minimum absolute atomic E-state index is 0.194. The van der Waals surface area contributed by atoms with Crippen LogP contribution < -0.4 is 15.8 Å². The number of benzene rings is 2. The van der Waals surface area contributed by atoms with Gasteiger partial charge in [0.25, 0.3) is 11.5 Å². The molecule has 1 amide bonds. The van der Waals surface area contributed by atoms with Crippen molar-refractivity contribution in [1.29, 1.82) is 0 Å². The first kappa shape index (κ1) is 21.2. The molecule has 2 aromatic carbocycles. The number of carbonyl (C=O) groups is 1. The van der Waals surface area contributed by atoms with E-state index in [1.54, 1.807) is 24.3 Å². The summed E-state index contributed by atoms with van der Waals surface area (Å²) in [7, 11) is 2.08. The lowest BCUT2D eigenvalue weighted by Crippen LogP contribution is -2.45. The Morgan fingerprint density at radius 1 is 1.13 bits per heavy atom. The van der Waals surface area contributed by atoms with Crippen LogP contribution >= 0.6 is 12.2 Å². The number of carbonyl (C=O) groups excluding carboxylic acids is 1. The van der Waals surface area contributed by atoms with E-state index in [1.807, 2.05) is 6.92 Å². The zero-order chi connectivity index (χ0) is 22.1. The van der Waals surface area contributed by atoms with Crippen LogP contribution in [0.1, 0.15) is 28.9 Å². The van der Waals surface area contributed by atoms with E-state index in [0.717, 1.165) is 37.4 Å². The SMILES string of the molecule is CC(NC(=O)c1ccc2c(=O)[nH]c(=S)[nH]c2c1)c1cc(F)ccc1N1CCN(C)CC1. The smallest absolute Gasteiger partial charge is 0.259 e. The summed E-state index contributed by atoms with van der Waals surface area (Å²) in [5.74, 6) is -0.658. The molecular formula is C22H24FN5O2S. The van der Waals surface area contributed by atoms with Gasteiger partial charge in [-0.15, -0.1) is 0 Å². The molecule has 1 saturated heterocycles. The van der Waals surface area contributed by atoms with Crippen molar-refractivity contribution in [3.05, 3.63) is 68.5 Å². The zero-order valence-electron chi connectivity index (χ0n) is 17.4. The first-order valence-corrected chi connectivity index (χ1v) is 10.5. The monoisotopic (exact) mass is 441 g/mol. The highest BCUT2D eigenvalue weighted by atomic mass is 32.1. The van der Waals surface area contributed by atoms with Crippen molar-refractivity contribution in [2.45, 2.75) is 13.0 Å². The lowest BCUT2D eigenvalue weighted by molar-refractivity contribution is 0.0940. The molecule has 4 rings (SSSR count). The number of amides is 1. The number of piperazine rings is 1. The summed E-state index contributed by atoms with van der Waals surface area (Å²) in [6.07, 6.45) is 0. The van der Waals surface area contributed by atoms with E-state index in [2.05, 4.69) is 32.1 Å². The highest BCUT2D eigenvalue weighted by Gasteiger charge is 2.21. The molecule has 1 atom stereocenters. The third kappa shape index (κ3) is 4.52. The van der Waals surface area contributed by atoms with E-state index >= 15 is 0 Å². The Balaban J connectivity index is 1.59. The van der Waals surface area contributed by atoms with E-state index in [9.17, 15) is 14.0 Å². The number of hydrogen-bond acceptors (Lipinski definition) is 5. The fraction of sp³-hybridized carbons (Fsp3) is 0.318. The largest absolute Gasteiger partial charge is 0.369 e. The maximum Gasteiger partial charge on any atom is 0.259 e. The second-order valence-corrected chi connectivity index (χ2v) is 8.27. The number of halogens is 1. The number of nitrogens with one attached hydrogen (secondary N) is 3. The van der Waals surface area contributed by atoms with Gasteiger partial charge in [-0.1, -0.05) is 0 Å². The van der Waals surface area contributed by atoms with E-state index in [-0.39, 0.29) is 22.1 Å². The number of hydrogen-bond donors (Lipinski definition) is 3. The average Bonchev–Trinajstić information content (AvgIpc) is 2.73. The molecule has 7 nitrogen and oxygen atoms in total. The molecule has 3 N–H and O–H groups in total. The van der Waals surface area contributed by atoms with E-state index in [0.29, 0.717) is 16.5 Å². The zero-order valence-corrected chi connectivity index (χ0v) is 18.2. The highest BCUT2D eigenvalue weighted by molar-refractivity contribution is 7.71. The van der Waals surface area contributed by atoms with Crippen LogP contribution in [0.15, 0.2) is 41.2 Å². The molecule has 0 aliphatic carbocycles. The molecule has 0 spiro atoms. The fourth-order valence-electron chi connectivity index (χ4n) is 3.88. The molecular weight excluding hydrogens is 417 g/mol. The van der Waals surface area contributed by atoms with E-state index in [4.69, 9.17) is 12.2 Å². The van der Waals surface area contributed by atoms with Gasteiger partial charge in [-0.25, -0.2) is 4.39 Å². The first-order chi connectivity index (χ1) is 14.8. The van der Waals surface area contributed by atoms with Gasteiger partial charge in [0.2, 0.25) is 0 Å². The lowest BCUT2D eigenvalue weighted by atomic mass is 10.0. The molecule has 1 unspecified atom stereocenters. The Labute approximate surface area is 183 Å². The predicted molar refractivity (Wildman–Crippen MR) is 122 cm³/mol. The molecule has 0 bridgehead atoms. The highest BCUT2D eigenvalue weighted by Crippen LogP contribution is 2.28. The van der Waals surface area contributed by atoms with Crippen molar-refractivity contribution in [3.63, 3.8) is 0 Å². The Morgan fingerprint density at radius 3 is 2.61 bits per heavy atom. The van der Waals surface area contributed by atoms with Gasteiger partial charge in [-0.05, 0) is 62.6 Å². The van der Waals surface area contributed by atoms with Gasteiger partial charge >= 0.3 is 0 Å². The summed E-state index contributed by atoms with van der Waals surface area (Å²) in [5, 5.41) is 3.37. The van der Waals surface area contributed by atoms with Crippen molar-refractivity contribution in [2.24, 2.45) is 0 Å². The van der Waals surface area contributed by atoms with Gasteiger partial charge in [0.05, 0.1) is 16.9 Å². The van der Waals surface area contributed by atoms with E-state index in [1.165, 1.54) is 12.1 Å². The van der Waals surface area contributed by atoms with Crippen LogP contribution in [0.3, 0.4) is 0 Å². The topological polar surface area (TPSA) is 84.2 Å². The number of anilines is 1. The van der Waals surface area contributed by atoms with Crippen molar-refractivity contribution in [3.8, 4) is 0 Å². The summed E-state index contributed by atoms with van der Waals surface area (Å²) in [4.78, 5) is 34.8. The number of aromatic nitrogens is 2. The molecule has 0 radical (unpaired) electrons. The summed E-state index contributed by atoms with van der Waals surface area (Å²) in [5.41, 5.74) is 2.22. The molecule has 3 aromatic rings. The van der Waals surface area contributed by atoms with Crippen molar-refractivity contribution in [1.82, 2.24) is 20.2 Å². The van der Waals surface area contributed by atoms with Gasteiger partial charge in [0.1, 0.15) is 5.82 Å². The second-order valence-electron chi connectivity index (χ2n) is 7.86. The third-order valence-electron chi connectivity index (χ3n) is 5.65. The standard InChI is InChI=1S/C22H24FN5O2S/c1-13(17-12-15(23)4-6-19(17)28-9-7-27(2)8-10-28)24-20(29)14-3-5-16-18(11-14)25-22(31)26-21(16)30/h3-6,11-13H,7-10H2,1-2H3,(H,24,29)(H2,25,26,30,31). The number of fused-ring (bicyclic) bond motifs is 1. The predicted octanol–water partition coefficient (Wildman–Crippen LogP) is 2.97. The molecule has 31 heavy (non-hydrogen) atoms. The summed E-state index contributed by atoms with van der Waals surface area (Å²) in [6, 6.07) is 9.06. The average molecular weight is 442 g/mol. The third-order valence-corrected chi connectivity index (χ3v) is 5.85. The number of rotatable bonds is 4. The summed E-state index contributed by atoms with van der Waals surface area (Å²) >= 11 is 5.01. The molecule has 1 aromatic heterocycles. The van der Waals surface area contributed by atoms with E-state index < -0.39 is 6.04 Å². The Bertz CT molecular complexity index is 1250. The van der Waals surface area contributed by atoms with Crippen LogP contribution in [0.4, 0.5) is 10.1 Å². The maximum atomic E-state index is 14.1. The second kappa shape index (κ2) is 8.60. The van der Waals surface area contributed by atoms with Gasteiger partial charge < -0.3 is 20.1 Å². The van der Waals surface area contributed by atoms with Gasteiger partial charge in [0, 0.05) is 43.0 Å². The van der Waals surface area contributed by atoms with Crippen molar-refractivity contribution < 1.29 is 9.18 Å². The normalized spacial score (nSPS) is 15.8. The number of aromatic amines is 2. The maximum absolute atomic E-state index is 14.1. The van der Waals surface area contributed by atoms with Crippen molar-refractivity contribution >= 4 is 34.7 Å². The van der Waals surface area contributed by atoms with Gasteiger partial charge in [-0.2, -0.15) is 0 Å².